The van der Waals surface area contributed by atoms with E-state index in [0.717, 1.165) is 0 Å². The fourth-order valence-corrected chi connectivity index (χ4v) is 5.63. The zero-order chi connectivity index (χ0) is 22.6. The summed E-state index contributed by atoms with van der Waals surface area (Å²) in [5, 5.41) is 0. The SMILES string of the molecule is CCCCS(=O)(=O)OCC(C)(COS(=O)(=O)CCCC)COS(=O)(=O)CCCC. The molecule has 0 bridgehead atoms. The van der Waals surface area contributed by atoms with Gasteiger partial charge in [0.15, 0.2) is 0 Å². The lowest BCUT2D eigenvalue weighted by atomic mass is 9.95. The minimum absolute atomic E-state index is 0.176. The van der Waals surface area contributed by atoms with Crippen molar-refractivity contribution in [3.8, 4) is 0 Å². The fraction of sp³-hybridized carbons (Fsp3) is 1.00. The van der Waals surface area contributed by atoms with Crippen LogP contribution in [0.2, 0.25) is 0 Å². The molecule has 0 aliphatic carbocycles. The first-order valence-corrected chi connectivity index (χ1v) is 14.6. The first kappa shape index (κ1) is 28.7. The van der Waals surface area contributed by atoms with Crippen LogP contribution in [0.15, 0.2) is 0 Å². The van der Waals surface area contributed by atoms with Crippen LogP contribution in [0, 0.1) is 5.41 Å². The quantitative estimate of drug-likeness (QED) is 0.271. The van der Waals surface area contributed by atoms with Gasteiger partial charge in [0.25, 0.3) is 30.4 Å². The highest BCUT2D eigenvalue weighted by Gasteiger charge is 2.32. The van der Waals surface area contributed by atoms with Crippen molar-refractivity contribution in [2.45, 2.75) is 66.2 Å². The summed E-state index contributed by atoms with van der Waals surface area (Å²) in [5.74, 6) is -0.527. The molecule has 29 heavy (non-hydrogen) atoms. The Balaban J connectivity index is 5.19. The van der Waals surface area contributed by atoms with E-state index in [0.29, 0.717) is 38.5 Å². The Morgan fingerprint density at radius 2 is 0.793 bits per heavy atom. The van der Waals surface area contributed by atoms with Gasteiger partial charge in [-0.05, 0) is 19.3 Å². The van der Waals surface area contributed by atoms with Crippen LogP contribution in [0.4, 0.5) is 0 Å². The van der Waals surface area contributed by atoms with Crippen LogP contribution in [0.3, 0.4) is 0 Å². The molecule has 0 rings (SSSR count). The van der Waals surface area contributed by atoms with Crippen LogP contribution in [-0.2, 0) is 42.9 Å². The maximum Gasteiger partial charge on any atom is 0.267 e. The van der Waals surface area contributed by atoms with Gasteiger partial charge in [-0.15, -0.1) is 0 Å². The topological polar surface area (TPSA) is 130 Å². The molecule has 176 valence electrons. The number of hydrogen-bond donors (Lipinski definition) is 0. The molecule has 0 aromatic carbocycles. The molecule has 0 saturated carbocycles. The van der Waals surface area contributed by atoms with Crippen molar-refractivity contribution >= 4 is 30.4 Å². The van der Waals surface area contributed by atoms with Crippen LogP contribution in [0.25, 0.3) is 0 Å². The van der Waals surface area contributed by atoms with Gasteiger partial charge in [-0.3, -0.25) is 12.5 Å². The van der Waals surface area contributed by atoms with Crippen molar-refractivity contribution in [2.75, 3.05) is 37.1 Å². The second-order valence-corrected chi connectivity index (χ2v) is 12.7. The maximum absolute atomic E-state index is 12.0. The zero-order valence-electron chi connectivity index (χ0n) is 17.9. The smallest absolute Gasteiger partial charge is 0.267 e. The van der Waals surface area contributed by atoms with Crippen molar-refractivity contribution in [1.29, 1.82) is 0 Å². The van der Waals surface area contributed by atoms with E-state index in [4.69, 9.17) is 12.5 Å². The highest BCUT2D eigenvalue weighted by atomic mass is 32.2. The summed E-state index contributed by atoms with van der Waals surface area (Å²) < 4.78 is 86.9. The molecule has 0 N–H and O–H groups in total. The summed E-state index contributed by atoms with van der Waals surface area (Å²) in [7, 11) is -11.5. The average Bonchev–Trinajstić information content (AvgIpc) is 2.65. The molecule has 0 heterocycles. The van der Waals surface area contributed by atoms with Gasteiger partial charge in [-0.25, -0.2) is 0 Å². The van der Waals surface area contributed by atoms with Crippen molar-refractivity contribution in [3.05, 3.63) is 0 Å². The van der Waals surface area contributed by atoms with Crippen molar-refractivity contribution < 1.29 is 37.8 Å². The van der Waals surface area contributed by atoms with E-state index >= 15 is 0 Å². The highest BCUT2D eigenvalue weighted by molar-refractivity contribution is 7.87. The van der Waals surface area contributed by atoms with Gasteiger partial charge in [0.1, 0.15) is 0 Å². The molecule has 9 nitrogen and oxygen atoms in total. The minimum atomic E-state index is -3.82. The maximum atomic E-state index is 12.0. The van der Waals surface area contributed by atoms with E-state index in [2.05, 4.69) is 0 Å². The Morgan fingerprint density at radius 3 is 1.00 bits per heavy atom. The molecule has 0 aliphatic heterocycles. The first-order chi connectivity index (χ1) is 13.3. The van der Waals surface area contributed by atoms with Gasteiger partial charge in [0.2, 0.25) is 0 Å². The van der Waals surface area contributed by atoms with Gasteiger partial charge >= 0.3 is 0 Å². The van der Waals surface area contributed by atoms with E-state index in [1.54, 1.807) is 0 Å². The molecule has 0 aromatic rings. The monoisotopic (exact) mass is 480 g/mol. The number of unbranched alkanes of at least 4 members (excludes halogenated alkanes) is 3. The Kier molecular flexibility index (Phi) is 13.1. The van der Waals surface area contributed by atoms with E-state index in [-0.39, 0.29) is 17.3 Å². The predicted octanol–water partition coefficient (Wildman–Crippen LogP) is 2.43. The predicted molar refractivity (Wildman–Crippen MR) is 112 cm³/mol. The van der Waals surface area contributed by atoms with Crippen LogP contribution >= 0.6 is 0 Å². The Hall–Kier alpha value is -0.270. The third-order valence-corrected chi connectivity index (χ3v) is 7.80. The second kappa shape index (κ2) is 13.2. The molecule has 0 amide bonds. The molecule has 12 heteroatoms. The Labute approximate surface area is 176 Å². The third kappa shape index (κ3) is 14.4. The molecule has 0 aliphatic rings. The third-order valence-electron chi connectivity index (χ3n) is 4.00. The van der Waals surface area contributed by atoms with Gasteiger partial charge in [-0.1, -0.05) is 47.0 Å². The molecule has 0 saturated heterocycles. The van der Waals surface area contributed by atoms with Gasteiger partial charge in [-0.2, -0.15) is 25.3 Å². The lowest BCUT2D eigenvalue weighted by molar-refractivity contribution is 0.0548. The highest BCUT2D eigenvalue weighted by Crippen LogP contribution is 2.22. The molecule has 0 aromatic heterocycles. The molecule has 0 unspecified atom stereocenters. The van der Waals surface area contributed by atoms with Gasteiger partial charge in [0.05, 0.1) is 37.1 Å². The molecule has 0 radical (unpaired) electrons. The molecular formula is C17H36O9S3. The van der Waals surface area contributed by atoms with Crippen LogP contribution in [-0.4, -0.2) is 62.3 Å². The van der Waals surface area contributed by atoms with E-state index in [9.17, 15) is 25.3 Å². The summed E-state index contributed by atoms with van der Waals surface area (Å²) in [6, 6.07) is 0. The largest absolute Gasteiger partial charge is 0.269 e. The summed E-state index contributed by atoms with van der Waals surface area (Å²) in [5.41, 5.74) is -1.29. The van der Waals surface area contributed by atoms with Crippen molar-refractivity contribution in [3.63, 3.8) is 0 Å². The van der Waals surface area contributed by atoms with Gasteiger partial charge in [0, 0.05) is 5.41 Å². The second-order valence-electron chi connectivity index (χ2n) is 7.44. The molecule has 0 spiro atoms. The normalized spacial score (nSPS) is 13.7. The fourth-order valence-electron chi connectivity index (χ4n) is 1.96. The average molecular weight is 481 g/mol. The number of rotatable bonds is 18. The number of hydrogen-bond acceptors (Lipinski definition) is 9. The van der Waals surface area contributed by atoms with Crippen LogP contribution in [0.1, 0.15) is 66.2 Å². The van der Waals surface area contributed by atoms with Crippen LogP contribution in [0.5, 0.6) is 0 Å². The molecule has 0 atom stereocenters. The van der Waals surface area contributed by atoms with Gasteiger partial charge < -0.3 is 0 Å². The molecular weight excluding hydrogens is 444 g/mol. The lowest BCUT2D eigenvalue weighted by Gasteiger charge is -2.28. The van der Waals surface area contributed by atoms with Crippen LogP contribution < -0.4 is 0 Å². The first-order valence-electron chi connectivity index (χ1n) is 9.91. The van der Waals surface area contributed by atoms with Crippen molar-refractivity contribution in [1.82, 2.24) is 0 Å². The zero-order valence-corrected chi connectivity index (χ0v) is 20.3. The summed E-state index contributed by atoms with van der Waals surface area (Å²) in [6.07, 6.45) is 3.25. The van der Waals surface area contributed by atoms with E-state index in [1.807, 2.05) is 20.8 Å². The van der Waals surface area contributed by atoms with E-state index < -0.39 is 55.6 Å². The Morgan fingerprint density at radius 1 is 0.552 bits per heavy atom. The summed E-state index contributed by atoms with van der Waals surface area (Å²) in [6.45, 7) is 5.62. The van der Waals surface area contributed by atoms with E-state index in [1.165, 1.54) is 6.92 Å². The minimum Gasteiger partial charge on any atom is -0.269 e. The molecule has 0 fully saturated rings. The lowest BCUT2D eigenvalue weighted by Crippen LogP contribution is -2.37. The van der Waals surface area contributed by atoms with Crippen molar-refractivity contribution in [2.24, 2.45) is 5.41 Å². The standard InChI is InChI=1S/C17H36O9S3/c1-5-8-11-27(18,19)24-14-17(4,15-25-28(20,21)12-9-6-2)16-26-29(22,23)13-10-7-3/h5-16H2,1-4H3. The summed E-state index contributed by atoms with van der Waals surface area (Å²) in [4.78, 5) is 0. The summed E-state index contributed by atoms with van der Waals surface area (Å²) >= 11 is 0. The Bertz CT molecular complexity index is 653.